The molecule has 2 heterocycles. The molecule has 0 aromatic carbocycles. The molecule has 1 N–H and O–H groups in total. The second-order valence-electron chi connectivity index (χ2n) is 4.95. The normalized spacial score (nSPS) is 12.4. The highest BCUT2D eigenvalue weighted by Crippen LogP contribution is 2.05. The summed E-state index contributed by atoms with van der Waals surface area (Å²) in [6.45, 7) is 6.43. The number of hydrogen-bond donors (Lipinski definition) is 1. The Hall–Kier alpha value is -2.31. The Balaban J connectivity index is 2.04. The van der Waals surface area contributed by atoms with E-state index < -0.39 is 0 Å². The lowest BCUT2D eigenvalue weighted by Crippen LogP contribution is -2.42. The van der Waals surface area contributed by atoms with Crippen LogP contribution in [-0.2, 0) is 6.54 Å². The molecular weight excluding hydrogens is 256 g/mol. The van der Waals surface area contributed by atoms with Crippen molar-refractivity contribution in [2.45, 2.75) is 33.4 Å². The Morgan fingerprint density at radius 2 is 1.95 bits per heavy atom. The first-order valence-electron chi connectivity index (χ1n) is 6.50. The molecule has 2 aromatic heterocycles. The van der Waals surface area contributed by atoms with Crippen molar-refractivity contribution in [3.63, 3.8) is 0 Å². The van der Waals surface area contributed by atoms with Gasteiger partial charge >= 0.3 is 0 Å². The third-order valence-corrected chi connectivity index (χ3v) is 2.96. The molecule has 0 aliphatic carbocycles. The first kappa shape index (κ1) is 14.1. The summed E-state index contributed by atoms with van der Waals surface area (Å²) in [5.74, 6) is 0.0201. The topological polar surface area (TPSA) is 85.6 Å². The molecular formula is C13H18N6O. The highest BCUT2D eigenvalue weighted by atomic mass is 16.2. The summed E-state index contributed by atoms with van der Waals surface area (Å²) in [7, 11) is 0. The Kier molecular flexibility index (Phi) is 4.39. The summed E-state index contributed by atoms with van der Waals surface area (Å²) in [6.07, 6.45) is 6.29. The second kappa shape index (κ2) is 6.23. The maximum Gasteiger partial charge on any atom is 0.271 e. The van der Waals surface area contributed by atoms with Gasteiger partial charge in [-0.3, -0.25) is 9.78 Å². The van der Waals surface area contributed by atoms with Crippen molar-refractivity contribution in [3.8, 4) is 0 Å². The van der Waals surface area contributed by atoms with Crippen molar-refractivity contribution >= 4 is 5.91 Å². The lowest BCUT2D eigenvalue weighted by atomic mass is 10.0. The molecule has 0 radical (unpaired) electrons. The van der Waals surface area contributed by atoms with Crippen molar-refractivity contribution in [1.82, 2.24) is 30.3 Å². The summed E-state index contributed by atoms with van der Waals surface area (Å²) in [5.41, 5.74) is 1.09. The van der Waals surface area contributed by atoms with Gasteiger partial charge in [0.25, 0.3) is 5.91 Å². The molecule has 0 saturated heterocycles. The van der Waals surface area contributed by atoms with E-state index >= 15 is 0 Å². The predicted octanol–water partition coefficient (Wildman–Crippen LogP) is 0.831. The van der Waals surface area contributed by atoms with Gasteiger partial charge in [-0.15, -0.1) is 0 Å². The summed E-state index contributed by atoms with van der Waals surface area (Å²) in [5, 5.41) is 11.1. The van der Waals surface area contributed by atoms with Gasteiger partial charge in [-0.05, 0) is 12.8 Å². The Morgan fingerprint density at radius 3 is 2.50 bits per heavy atom. The molecule has 1 unspecified atom stereocenters. The average molecular weight is 274 g/mol. The van der Waals surface area contributed by atoms with Crippen LogP contribution in [0.3, 0.4) is 0 Å². The van der Waals surface area contributed by atoms with E-state index in [-0.39, 0.29) is 17.9 Å². The standard InChI is InChI=1S/C13H18N6O/c1-9(2)12(8-19-16-4-5-17-19)18-13(20)11-7-14-10(3)6-15-11/h4-7,9,12H,8H2,1-3H3,(H,18,20). The Bertz CT molecular complexity index is 549. The summed E-state index contributed by atoms with van der Waals surface area (Å²) in [6, 6.07) is -0.0713. The average Bonchev–Trinajstić information content (AvgIpc) is 2.91. The van der Waals surface area contributed by atoms with Crippen LogP contribution < -0.4 is 5.32 Å². The van der Waals surface area contributed by atoms with Crippen molar-refractivity contribution in [1.29, 1.82) is 0 Å². The number of rotatable bonds is 5. The molecule has 1 atom stereocenters. The van der Waals surface area contributed by atoms with E-state index in [1.165, 1.54) is 6.20 Å². The minimum absolute atomic E-state index is 0.0713. The molecule has 0 bridgehead atoms. The van der Waals surface area contributed by atoms with Gasteiger partial charge in [-0.25, -0.2) is 4.98 Å². The van der Waals surface area contributed by atoms with Gasteiger partial charge in [0, 0.05) is 6.20 Å². The first-order valence-corrected chi connectivity index (χ1v) is 6.50. The summed E-state index contributed by atoms with van der Waals surface area (Å²) >= 11 is 0. The number of nitrogens with zero attached hydrogens (tertiary/aromatic N) is 5. The molecule has 0 spiro atoms. The highest BCUT2D eigenvalue weighted by Gasteiger charge is 2.19. The Labute approximate surface area is 117 Å². The fraction of sp³-hybridized carbons (Fsp3) is 0.462. The van der Waals surface area contributed by atoms with Crippen LogP contribution in [0.25, 0.3) is 0 Å². The third-order valence-electron chi connectivity index (χ3n) is 2.96. The van der Waals surface area contributed by atoms with Crippen LogP contribution in [0.4, 0.5) is 0 Å². The summed E-state index contributed by atoms with van der Waals surface area (Å²) in [4.78, 5) is 21.8. The minimum Gasteiger partial charge on any atom is -0.346 e. The maximum atomic E-state index is 12.1. The molecule has 7 heteroatoms. The van der Waals surface area contributed by atoms with E-state index in [2.05, 4.69) is 25.5 Å². The second-order valence-corrected chi connectivity index (χ2v) is 4.95. The molecule has 2 aromatic rings. The zero-order chi connectivity index (χ0) is 14.5. The molecule has 0 aliphatic heterocycles. The van der Waals surface area contributed by atoms with Gasteiger partial charge in [-0.2, -0.15) is 15.0 Å². The van der Waals surface area contributed by atoms with E-state index in [4.69, 9.17) is 0 Å². The molecule has 0 saturated carbocycles. The fourth-order valence-electron chi connectivity index (χ4n) is 1.69. The van der Waals surface area contributed by atoms with E-state index in [1.807, 2.05) is 20.8 Å². The summed E-state index contributed by atoms with van der Waals surface area (Å²) < 4.78 is 0. The van der Waals surface area contributed by atoms with Crippen LogP contribution in [0.15, 0.2) is 24.8 Å². The van der Waals surface area contributed by atoms with Gasteiger partial charge in [0.15, 0.2) is 0 Å². The third kappa shape index (κ3) is 3.59. The number of carbonyl (C=O) groups excluding carboxylic acids is 1. The van der Waals surface area contributed by atoms with Crippen LogP contribution >= 0.6 is 0 Å². The van der Waals surface area contributed by atoms with Crippen LogP contribution in [-0.4, -0.2) is 36.9 Å². The van der Waals surface area contributed by atoms with Gasteiger partial charge in [0.1, 0.15) is 5.69 Å². The van der Waals surface area contributed by atoms with Crippen LogP contribution in [0.2, 0.25) is 0 Å². The van der Waals surface area contributed by atoms with Crippen molar-refractivity contribution < 1.29 is 4.79 Å². The van der Waals surface area contributed by atoms with Crippen LogP contribution in [0.1, 0.15) is 30.0 Å². The molecule has 7 nitrogen and oxygen atoms in total. The fourth-order valence-corrected chi connectivity index (χ4v) is 1.69. The number of amides is 1. The lowest BCUT2D eigenvalue weighted by Gasteiger charge is -2.21. The van der Waals surface area contributed by atoms with E-state index in [0.29, 0.717) is 12.2 Å². The number of aryl methyl sites for hydroxylation is 1. The van der Waals surface area contributed by atoms with E-state index in [9.17, 15) is 4.79 Å². The molecule has 1 amide bonds. The highest BCUT2D eigenvalue weighted by molar-refractivity contribution is 5.92. The van der Waals surface area contributed by atoms with E-state index in [1.54, 1.807) is 23.4 Å². The lowest BCUT2D eigenvalue weighted by molar-refractivity contribution is 0.0912. The molecule has 20 heavy (non-hydrogen) atoms. The zero-order valence-corrected chi connectivity index (χ0v) is 11.8. The number of hydrogen-bond acceptors (Lipinski definition) is 5. The molecule has 2 rings (SSSR count). The maximum absolute atomic E-state index is 12.1. The Morgan fingerprint density at radius 1 is 1.25 bits per heavy atom. The minimum atomic E-state index is -0.233. The largest absolute Gasteiger partial charge is 0.346 e. The molecule has 0 fully saturated rings. The first-order chi connectivity index (χ1) is 9.56. The predicted molar refractivity (Wildman–Crippen MR) is 72.9 cm³/mol. The monoisotopic (exact) mass is 274 g/mol. The number of nitrogens with one attached hydrogen (secondary N) is 1. The van der Waals surface area contributed by atoms with E-state index in [0.717, 1.165) is 5.69 Å². The van der Waals surface area contributed by atoms with Crippen LogP contribution in [0.5, 0.6) is 0 Å². The smallest absolute Gasteiger partial charge is 0.271 e. The van der Waals surface area contributed by atoms with Gasteiger partial charge in [-0.1, -0.05) is 13.8 Å². The van der Waals surface area contributed by atoms with Gasteiger partial charge in [0.05, 0.1) is 36.9 Å². The van der Waals surface area contributed by atoms with Crippen molar-refractivity contribution in [2.75, 3.05) is 0 Å². The van der Waals surface area contributed by atoms with Crippen LogP contribution in [0, 0.1) is 12.8 Å². The molecule has 106 valence electrons. The zero-order valence-electron chi connectivity index (χ0n) is 11.8. The van der Waals surface area contributed by atoms with Gasteiger partial charge in [0.2, 0.25) is 0 Å². The number of aromatic nitrogens is 5. The quantitative estimate of drug-likeness (QED) is 0.873. The number of carbonyl (C=O) groups is 1. The van der Waals surface area contributed by atoms with Gasteiger partial charge < -0.3 is 5.32 Å². The molecule has 0 aliphatic rings. The van der Waals surface area contributed by atoms with Crippen molar-refractivity contribution in [2.24, 2.45) is 5.92 Å². The SMILES string of the molecule is Cc1cnc(C(=O)NC(Cn2nccn2)C(C)C)cn1. The van der Waals surface area contributed by atoms with Crippen molar-refractivity contribution in [3.05, 3.63) is 36.2 Å².